The number of fused-ring (bicyclic) bond motifs is 2. The molecule has 3 amide bonds. The van der Waals surface area contributed by atoms with Crippen LogP contribution in [0.3, 0.4) is 0 Å². The molecule has 0 radical (unpaired) electrons. The number of likely N-dealkylation sites (tertiary alicyclic amines) is 2. The van der Waals surface area contributed by atoms with Gasteiger partial charge in [0.1, 0.15) is 6.61 Å². The fraction of sp³-hybridized carbons (Fsp3) is 0.667. The average Bonchev–Trinajstić information content (AvgIpc) is 3.39. The molecule has 8 nitrogen and oxygen atoms in total. The number of benzene rings is 1. The number of carbonyl (C=O) groups excluding carboxylic acids is 2. The van der Waals surface area contributed by atoms with Gasteiger partial charge in [0.2, 0.25) is 0 Å². The Morgan fingerprint density at radius 2 is 1.88 bits per heavy atom. The zero-order valence-corrected chi connectivity index (χ0v) is 19.6. The van der Waals surface area contributed by atoms with Gasteiger partial charge in [-0.2, -0.15) is 0 Å². The predicted molar refractivity (Wildman–Crippen MR) is 123 cm³/mol. The number of amides is 3. The van der Waals surface area contributed by atoms with Crippen LogP contribution in [0, 0.1) is 5.92 Å². The van der Waals surface area contributed by atoms with Crippen molar-refractivity contribution in [3.63, 3.8) is 0 Å². The van der Waals surface area contributed by atoms with Crippen LogP contribution in [0.5, 0.6) is 0 Å². The standard InChI is InChI=1S/C24H36N4O4/c1-25(2)22(29)28-18-24(20-6-4-5-7-21(20)28)9-12-26(13-10-24)16-19-8-11-27(17-19)23(30)32-15-14-31-3/h4-7,19H,8-18H2,1-3H3/t19-/m0/s1. The van der Waals surface area contributed by atoms with Crippen LogP contribution in [0.4, 0.5) is 15.3 Å². The van der Waals surface area contributed by atoms with Crippen LogP contribution in [0.1, 0.15) is 24.8 Å². The normalized spacial score (nSPS) is 22.3. The third kappa shape index (κ3) is 4.57. The average molecular weight is 445 g/mol. The van der Waals surface area contributed by atoms with Gasteiger partial charge in [-0.25, -0.2) is 9.59 Å². The molecule has 0 aliphatic carbocycles. The van der Waals surface area contributed by atoms with E-state index in [0.29, 0.717) is 19.1 Å². The predicted octanol–water partition coefficient (Wildman–Crippen LogP) is 2.63. The van der Waals surface area contributed by atoms with Gasteiger partial charge in [0.25, 0.3) is 0 Å². The Morgan fingerprint density at radius 3 is 2.59 bits per heavy atom. The third-order valence-corrected chi connectivity index (χ3v) is 7.23. The van der Waals surface area contributed by atoms with Crippen LogP contribution in [0.2, 0.25) is 0 Å². The number of hydrogen-bond donors (Lipinski definition) is 0. The van der Waals surface area contributed by atoms with Crippen molar-refractivity contribution in [1.29, 1.82) is 0 Å². The molecule has 0 saturated carbocycles. The summed E-state index contributed by atoms with van der Waals surface area (Å²) in [5, 5.41) is 0. The van der Waals surface area contributed by atoms with E-state index in [1.165, 1.54) is 5.56 Å². The monoisotopic (exact) mass is 444 g/mol. The summed E-state index contributed by atoms with van der Waals surface area (Å²) in [6.45, 7) is 6.09. The first-order valence-corrected chi connectivity index (χ1v) is 11.6. The Balaban J connectivity index is 1.32. The molecule has 1 atom stereocenters. The van der Waals surface area contributed by atoms with Crippen LogP contribution < -0.4 is 4.90 Å². The number of hydrogen-bond acceptors (Lipinski definition) is 5. The molecule has 176 valence electrons. The molecule has 2 fully saturated rings. The summed E-state index contributed by atoms with van der Waals surface area (Å²) in [4.78, 5) is 32.9. The van der Waals surface area contributed by atoms with Crippen molar-refractivity contribution in [3.8, 4) is 0 Å². The van der Waals surface area contributed by atoms with Crippen LogP contribution in [-0.2, 0) is 14.9 Å². The van der Waals surface area contributed by atoms with Gasteiger partial charge in [0, 0.05) is 58.5 Å². The molecule has 1 aromatic carbocycles. The summed E-state index contributed by atoms with van der Waals surface area (Å²) in [7, 11) is 5.23. The van der Waals surface area contributed by atoms with Crippen molar-refractivity contribution in [2.75, 3.05) is 78.6 Å². The Bertz CT molecular complexity index is 822. The quantitative estimate of drug-likeness (QED) is 0.654. The van der Waals surface area contributed by atoms with Crippen LogP contribution in [0.25, 0.3) is 0 Å². The van der Waals surface area contributed by atoms with Gasteiger partial charge in [0.15, 0.2) is 0 Å². The number of carbonyl (C=O) groups is 2. The summed E-state index contributed by atoms with van der Waals surface area (Å²) in [5.41, 5.74) is 2.43. The largest absolute Gasteiger partial charge is 0.447 e. The number of ether oxygens (including phenoxy) is 2. The van der Waals surface area contributed by atoms with Crippen molar-refractivity contribution in [2.24, 2.45) is 5.92 Å². The SMILES string of the molecule is COCCOC(=O)N1CC[C@@H](CN2CCC3(CC2)CN(C(=O)N(C)C)c2ccccc23)C1. The Morgan fingerprint density at radius 1 is 1.12 bits per heavy atom. The number of nitrogens with zero attached hydrogens (tertiary/aromatic N) is 4. The van der Waals surface area contributed by atoms with Crippen molar-refractivity contribution in [3.05, 3.63) is 29.8 Å². The third-order valence-electron chi connectivity index (χ3n) is 7.23. The molecule has 2 saturated heterocycles. The maximum atomic E-state index is 12.8. The number of methoxy groups -OCH3 is 1. The summed E-state index contributed by atoms with van der Waals surface area (Å²) >= 11 is 0. The highest BCUT2D eigenvalue weighted by molar-refractivity contribution is 5.95. The van der Waals surface area contributed by atoms with Crippen LogP contribution >= 0.6 is 0 Å². The van der Waals surface area contributed by atoms with Gasteiger partial charge in [-0.3, -0.25) is 4.90 Å². The Labute approximate surface area is 191 Å². The van der Waals surface area contributed by atoms with Crippen molar-refractivity contribution >= 4 is 17.8 Å². The van der Waals surface area contributed by atoms with Crippen LogP contribution in [0.15, 0.2) is 24.3 Å². The van der Waals surface area contributed by atoms with E-state index in [2.05, 4.69) is 23.1 Å². The summed E-state index contributed by atoms with van der Waals surface area (Å²) < 4.78 is 10.2. The molecule has 3 aliphatic rings. The van der Waals surface area contributed by atoms with E-state index < -0.39 is 0 Å². The highest BCUT2D eigenvalue weighted by atomic mass is 16.6. The van der Waals surface area contributed by atoms with E-state index in [1.807, 2.05) is 30.0 Å². The van der Waals surface area contributed by atoms with E-state index >= 15 is 0 Å². The molecule has 0 bridgehead atoms. The van der Waals surface area contributed by atoms with Gasteiger partial charge >= 0.3 is 12.1 Å². The number of para-hydroxylation sites is 1. The molecular formula is C24H36N4O4. The number of anilines is 1. The second kappa shape index (κ2) is 9.67. The lowest BCUT2D eigenvalue weighted by atomic mass is 9.74. The summed E-state index contributed by atoms with van der Waals surface area (Å²) in [6.07, 6.45) is 2.90. The Kier molecular flexibility index (Phi) is 6.90. The first-order valence-electron chi connectivity index (χ1n) is 11.6. The fourth-order valence-electron chi connectivity index (χ4n) is 5.45. The maximum absolute atomic E-state index is 12.8. The summed E-state index contributed by atoms with van der Waals surface area (Å²) in [5.74, 6) is 0.488. The lowest BCUT2D eigenvalue weighted by Gasteiger charge is -2.40. The molecule has 0 aromatic heterocycles. The molecule has 0 unspecified atom stereocenters. The number of rotatable bonds is 5. The van der Waals surface area contributed by atoms with Crippen molar-refractivity contribution in [2.45, 2.75) is 24.7 Å². The first kappa shape index (κ1) is 22.9. The molecule has 32 heavy (non-hydrogen) atoms. The molecule has 1 spiro atoms. The fourth-order valence-corrected chi connectivity index (χ4v) is 5.45. The topological polar surface area (TPSA) is 65.6 Å². The molecular weight excluding hydrogens is 408 g/mol. The van der Waals surface area contributed by atoms with Crippen LogP contribution in [-0.4, -0.2) is 101 Å². The smallest absolute Gasteiger partial charge is 0.409 e. The Hall–Kier alpha value is -2.32. The minimum absolute atomic E-state index is 0.0473. The van der Waals surface area contributed by atoms with E-state index in [4.69, 9.17) is 9.47 Å². The zero-order valence-electron chi connectivity index (χ0n) is 19.6. The minimum Gasteiger partial charge on any atom is -0.447 e. The molecule has 1 aromatic rings. The van der Waals surface area contributed by atoms with Gasteiger partial charge in [-0.15, -0.1) is 0 Å². The van der Waals surface area contributed by atoms with E-state index in [9.17, 15) is 9.59 Å². The van der Waals surface area contributed by atoms with Crippen molar-refractivity contribution < 1.29 is 19.1 Å². The molecule has 3 heterocycles. The highest BCUT2D eigenvalue weighted by Gasteiger charge is 2.46. The first-order chi connectivity index (χ1) is 15.4. The minimum atomic E-state index is -0.227. The van der Waals surface area contributed by atoms with Gasteiger partial charge in [-0.1, -0.05) is 18.2 Å². The highest BCUT2D eigenvalue weighted by Crippen LogP contribution is 2.47. The van der Waals surface area contributed by atoms with E-state index in [-0.39, 0.29) is 17.5 Å². The molecule has 8 heteroatoms. The second-order valence-electron chi connectivity index (χ2n) is 9.57. The molecule has 0 N–H and O–H groups in total. The lowest BCUT2D eigenvalue weighted by molar-refractivity contribution is 0.0751. The molecule has 4 rings (SSSR count). The number of urea groups is 1. The van der Waals surface area contributed by atoms with E-state index in [0.717, 1.165) is 64.2 Å². The lowest BCUT2D eigenvalue weighted by Crippen LogP contribution is -2.48. The summed E-state index contributed by atoms with van der Waals surface area (Å²) in [6, 6.07) is 8.46. The second-order valence-corrected chi connectivity index (χ2v) is 9.57. The maximum Gasteiger partial charge on any atom is 0.409 e. The molecule has 3 aliphatic heterocycles. The number of piperidine rings is 1. The zero-order chi connectivity index (χ0) is 22.7. The van der Waals surface area contributed by atoms with Crippen molar-refractivity contribution in [1.82, 2.24) is 14.7 Å². The van der Waals surface area contributed by atoms with Gasteiger partial charge in [0.05, 0.1) is 6.61 Å². The van der Waals surface area contributed by atoms with Gasteiger partial charge in [-0.05, 0) is 49.9 Å². The van der Waals surface area contributed by atoms with Gasteiger partial charge < -0.3 is 24.2 Å². The van der Waals surface area contributed by atoms with E-state index in [1.54, 1.807) is 12.0 Å².